The lowest BCUT2D eigenvalue weighted by atomic mass is 9.73. The Morgan fingerprint density at radius 2 is 1.78 bits per heavy atom. The van der Waals surface area contributed by atoms with Crippen LogP contribution in [0.15, 0.2) is 36.9 Å². The van der Waals surface area contributed by atoms with Crippen LogP contribution in [-0.2, 0) is 6.42 Å². The number of terminal acetylenes is 1. The minimum Gasteiger partial charge on any atom is -0.253 e. The van der Waals surface area contributed by atoms with Crippen molar-refractivity contribution in [2.45, 2.75) is 98.8 Å². The maximum atomic E-state index is 5.77. The predicted octanol–water partition coefficient (Wildman–Crippen LogP) is 9.11. The number of nitrogens with zero attached hydrogens (tertiary/aromatic N) is 1. The van der Waals surface area contributed by atoms with Crippen molar-refractivity contribution in [2.75, 3.05) is 0 Å². The third kappa shape index (κ3) is 6.83. The van der Waals surface area contributed by atoms with E-state index in [0.717, 1.165) is 43.5 Å². The molecule has 32 heavy (non-hydrogen) atoms. The fourth-order valence-corrected chi connectivity index (χ4v) is 4.67. The Morgan fingerprint density at radius 3 is 2.41 bits per heavy atom. The maximum absolute atomic E-state index is 5.77. The molecule has 1 heterocycles. The van der Waals surface area contributed by atoms with Gasteiger partial charge >= 0.3 is 0 Å². The van der Waals surface area contributed by atoms with Crippen molar-refractivity contribution in [3.05, 3.63) is 59.3 Å². The first-order valence-corrected chi connectivity index (χ1v) is 12.6. The molecule has 0 N–H and O–H groups in total. The van der Waals surface area contributed by atoms with Crippen LogP contribution in [0.3, 0.4) is 0 Å². The molecule has 1 aromatic carbocycles. The summed E-state index contributed by atoms with van der Waals surface area (Å²) >= 11 is 0. The van der Waals surface area contributed by atoms with Gasteiger partial charge in [-0.3, -0.25) is 4.98 Å². The van der Waals surface area contributed by atoms with Crippen LogP contribution in [0.25, 0.3) is 16.8 Å². The smallest absolute Gasteiger partial charge is 0.0705 e. The molecule has 0 radical (unpaired) electrons. The predicted molar refractivity (Wildman–Crippen MR) is 142 cm³/mol. The van der Waals surface area contributed by atoms with Crippen LogP contribution in [-0.4, -0.2) is 4.98 Å². The number of hydrogen-bond donors (Lipinski definition) is 0. The zero-order chi connectivity index (χ0) is 23.6. The van der Waals surface area contributed by atoms with Gasteiger partial charge in [0, 0.05) is 17.7 Å². The van der Waals surface area contributed by atoms with Crippen molar-refractivity contribution in [3.63, 3.8) is 0 Å². The highest BCUT2D eigenvalue weighted by Crippen LogP contribution is 2.38. The summed E-state index contributed by atoms with van der Waals surface area (Å²) in [6.45, 7) is 15.4. The Balaban J connectivity index is 2.24. The first kappa shape index (κ1) is 25.9. The lowest BCUT2D eigenvalue weighted by Gasteiger charge is -2.31. The molecule has 2 rings (SSSR count). The molecular weight excluding hydrogens is 386 g/mol. The van der Waals surface area contributed by atoms with E-state index >= 15 is 0 Å². The van der Waals surface area contributed by atoms with Crippen molar-refractivity contribution in [3.8, 4) is 23.6 Å². The maximum Gasteiger partial charge on any atom is 0.0705 e. The molecule has 1 aromatic heterocycles. The van der Waals surface area contributed by atoms with Crippen LogP contribution in [0.1, 0.15) is 101 Å². The normalized spacial score (nSPS) is 12.9. The summed E-state index contributed by atoms with van der Waals surface area (Å²) in [6, 6.07) is 11.2. The Bertz CT molecular complexity index is 930. The van der Waals surface area contributed by atoms with E-state index in [0.29, 0.717) is 0 Å². The van der Waals surface area contributed by atoms with Gasteiger partial charge in [-0.25, -0.2) is 0 Å². The summed E-state index contributed by atoms with van der Waals surface area (Å²) in [4.78, 5) is 4.95. The van der Waals surface area contributed by atoms with Gasteiger partial charge in [-0.2, -0.15) is 0 Å². The van der Waals surface area contributed by atoms with Gasteiger partial charge in [-0.1, -0.05) is 64.8 Å². The van der Waals surface area contributed by atoms with Gasteiger partial charge in [0.1, 0.15) is 0 Å². The van der Waals surface area contributed by atoms with Gasteiger partial charge in [-0.15, -0.1) is 12.3 Å². The van der Waals surface area contributed by atoms with Crippen molar-refractivity contribution in [1.29, 1.82) is 0 Å². The number of hydrogen-bond acceptors (Lipinski definition) is 1. The molecule has 1 nitrogen and oxygen atoms in total. The highest BCUT2D eigenvalue weighted by Gasteiger charge is 2.26. The SMILES string of the molecule is C#CCC(CC)(CCCC)CCc1cc(-c2ccc(C(=C)CCCC)c(C)n2)ccc1C. The van der Waals surface area contributed by atoms with Gasteiger partial charge in [0.15, 0.2) is 0 Å². The molecule has 1 unspecified atom stereocenters. The quantitative estimate of drug-likeness (QED) is 0.289. The Morgan fingerprint density at radius 1 is 1.03 bits per heavy atom. The number of aromatic nitrogens is 1. The van der Waals surface area contributed by atoms with Crippen LogP contribution in [0, 0.1) is 31.6 Å². The second-order valence-electron chi connectivity index (χ2n) is 9.52. The monoisotopic (exact) mass is 429 g/mol. The van der Waals surface area contributed by atoms with E-state index in [2.05, 4.69) is 77.4 Å². The van der Waals surface area contributed by atoms with E-state index in [1.165, 1.54) is 59.9 Å². The van der Waals surface area contributed by atoms with E-state index < -0.39 is 0 Å². The molecule has 0 aliphatic heterocycles. The summed E-state index contributed by atoms with van der Waals surface area (Å²) in [5.41, 5.74) is 8.77. The van der Waals surface area contributed by atoms with E-state index in [4.69, 9.17) is 11.4 Å². The van der Waals surface area contributed by atoms with E-state index in [1.807, 2.05) is 0 Å². The number of aryl methyl sites for hydroxylation is 3. The summed E-state index contributed by atoms with van der Waals surface area (Å²) in [5.74, 6) is 2.97. The van der Waals surface area contributed by atoms with Crippen LogP contribution < -0.4 is 0 Å². The van der Waals surface area contributed by atoms with Crippen LogP contribution in [0.4, 0.5) is 0 Å². The molecule has 0 fully saturated rings. The van der Waals surface area contributed by atoms with Crippen LogP contribution in [0.5, 0.6) is 0 Å². The molecule has 0 aliphatic rings. The van der Waals surface area contributed by atoms with Gasteiger partial charge in [0.2, 0.25) is 0 Å². The molecule has 0 bridgehead atoms. The van der Waals surface area contributed by atoms with Crippen molar-refractivity contribution >= 4 is 5.57 Å². The second kappa shape index (κ2) is 12.6. The Labute approximate surface area is 197 Å². The fourth-order valence-electron chi connectivity index (χ4n) is 4.67. The minimum absolute atomic E-state index is 0.266. The van der Waals surface area contributed by atoms with E-state index in [1.54, 1.807) is 0 Å². The summed E-state index contributed by atoms with van der Waals surface area (Å²) < 4.78 is 0. The van der Waals surface area contributed by atoms with E-state index in [9.17, 15) is 0 Å². The molecule has 0 saturated carbocycles. The molecule has 0 aliphatic carbocycles. The first-order valence-electron chi connectivity index (χ1n) is 12.6. The number of rotatable bonds is 13. The van der Waals surface area contributed by atoms with Gasteiger partial charge in [-0.05, 0) is 92.2 Å². The lowest BCUT2D eigenvalue weighted by Crippen LogP contribution is -2.20. The highest BCUT2D eigenvalue weighted by molar-refractivity contribution is 5.69. The van der Waals surface area contributed by atoms with Crippen molar-refractivity contribution in [2.24, 2.45) is 5.41 Å². The molecule has 0 spiro atoms. The van der Waals surface area contributed by atoms with E-state index in [-0.39, 0.29) is 5.41 Å². The fraction of sp³-hybridized carbons (Fsp3) is 0.516. The number of allylic oxidation sites excluding steroid dienone is 1. The molecule has 1 atom stereocenters. The van der Waals surface area contributed by atoms with Gasteiger partial charge in [0.05, 0.1) is 5.69 Å². The second-order valence-corrected chi connectivity index (χ2v) is 9.52. The minimum atomic E-state index is 0.266. The van der Waals surface area contributed by atoms with Crippen LogP contribution in [0.2, 0.25) is 0 Å². The number of unbranched alkanes of at least 4 members (excludes halogenated alkanes) is 2. The topological polar surface area (TPSA) is 12.9 Å². The molecule has 1 heteroatoms. The third-order valence-corrected chi connectivity index (χ3v) is 7.16. The first-order chi connectivity index (χ1) is 15.4. The summed E-state index contributed by atoms with van der Waals surface area (Å²) in [5, 5.41) is 0. The molecule has 172 valence electrons. The third-order valence-electron chi connectivity index (χ3n) is 7.16. The molecule has 2 aromatic rings. The average molecular weight is 430 g/mol. The standard InChI is InChI=1S/C31H43N/c1-8-12-14-25(6)29-17-18-30(32-26(29)7)28-16-15-24(5)27(23-28)19-22-31(11-4,20-10-3)21-13-9-2/h3,15-18,23H,6,8-9,11-14,19-22H2,1-2,4-5,7H3. The number of pyridine rings is 1. The largest absolute Gasteiger partial charge is 0.253 e. The summed E-state index contributed by atoms with van der Waals surface area (Å²) in [6.07, 6.45) is 17.2. The van der Waals surface area contributed by atoms with Crippen molar-refractivity contribution < 1.29 is 0 Å². The highest BCUT2D eigenvalue weighted by atomic mass is 14.7. The zero-order valence-electron chi connectivity index (χ0n) is 21.2. The Hall–Kier alpha value is -2.33. The van der Waals surface area contributed by atoms with Crippen LogP contribution >= 0.6 is 0 Å². The molecule has 0 saturated heterocycles. The molecule has 0 amide bonds. The van der Waals surface area contributed by atoms with Gasteiger partial charge in [0.25, 0.3) is 0 Å². The van der Waals surface area contributed by atoms with Gasteiger partial charge < -0.3 is 0 Å². The average Bonchev–Trinajstić information content (AvgIpc) is 2.80. The Kier molecular flexibility index (Phi) is 10.2. The summed E-state index contributed by atoms with van der Waals surface area (Å²) in [7, 11) is 0. The van der Waals surface area contributed by atoms with Crippen molar-refractivity contribution in [1.82, 2.24) is 4.98 Å². The lowest BCUT2D eigenvalue weighted by molar-refractivity contribution is 0.229. The number of benzene rings is 1. The zero-order valence-corrected chi connectivity index (χ0v) is 21.2. The molecular formula is C31H43N.